The van der Waals surface area contributed by atoms with E-state index < -0.39 is 10.0 Å². The van der Waals surface area contributed by atoms with Crippen LogP contribution < -0.4 is 10.0 Å². The smallest absolute Gasteiger partial charge is 0.240 e. The van der Waals surface area contributed by atoms with Crippen LogP contribution in [0.1, 0.15) is 30.2 Å². The minimum Gasteiger partial charge on any atom is -0.300 e. The van der Waals surface area contributed by atoms with Gasteiger partial charge in [0.1, 0.15) is 5.01 Å². The Hall–Kier alpha value is -1.36. The summed E-state index contributed by atoms with van der Waals surface area (Å²) in [5.41, 5.74) is 0. The number of aromatic nitrogens is 2. The van der Waals surface area contributed by atoms with Crippen molar-refractivity contribution in [1.29, 1.82) is 0 Å². The van der Waals surface area contributed by atoms with Crippen molar-refractivity contribution in [3.05, 3.63) is 33.7 Å². The monoisotopic (exact) mass is 430 g/mol. The number of hydrogen-bond donors (Lipinski definition) is 2. The third-order valence-electron chi connectivity index (χ3n) is 3.38. The van der Waals surface area contributed by atoms with Gasteiger partial charge in [0.25, 0.3) is 0 Å². The Morgan fingerprint density at radius 2 is 1.96 bits per heavy atom. The second kappa shape index (κ2) is 7.26. The topological polar surface area (TPSA) is 101 Å². The van der Waals surface area contributed by atoms with E-state index in [4.69, 9.17) is 0 Å². The minimum absolute atomic E-state index is 0.0124. The van der Waals surface area contributed by atoms with Gasteiger partial charge in [0, 0.05) is 23.4 Å². The number of halogens is 1. The van der Waals surface area contributed by atoms with Crippen molar-refractivity contribution in [2.75, 3.05) is 11.9 Å². The summed E-state index contributed by atoms with van der Waals surface area (Å²) in [7, 11) is -3.62. The van der Waals surface area contributed by atoms with Crippen LogP contribution in [0.25, 0.3) is 0 Å². The molecule has 128 valence electrons. The molecule has 0 spiro atoms. The molecule has 2 aromatic rings. The predicted molar refractivity (Wildman–Crippen MR) is 94.5 cm³/mol. The summed E-state index contributed by atoms with van der Waals surface area (Å²) < 4.78 is 27.4. The molecule has 3 rings (SSSR count). The highest BCUT2D eigenvalue weighted by Crippen LogP contribution is 2.42. The van der Waals surface area contributed by atoms with Crippen LogP contribution in [0, 0.1) is 0 Å². The van der Waals surface area contributed by atoms with E-state index >= 15 is 0 Å². The largest absolute Gasteiger partial charge is 0.300 e. The number of nitrogens with one attached hydrogen (secondary N) is 2. The number of carbonyl (C=O) groups excluding carboxylic acids is 1. The molecule has 2 N–H and O–H groups in total. The lowest BCUT2D eigenvalue weighted by molar-refractivity contribution is -0.116. The lowest BCUT2D eigenvalue weighted by Crippen LogP contribution is -2.27. The van der Waals surface area contributed by atoms with Crippen molar-refractivity contribution in [1.82, 2.24) is 14.9 Å². The Morgan fingerprint density at radius 3 is 2.62 bits per heavy atom. The molecule has 1 heterocycles. The fourth-order valence-corrected chi connectivity index (χ4v) is 4.18. The first-order valence-corrected chi connectivity index (χ1v) is 10.4. The normalized spacial score (nSPS) is 14.5. The molecule has 1 aromatic heterocycles. The number of sulfonamides is 1. The van der Waals surface area contributed by atoms with Gasteiger partial charge >= 0.3 is 0 Å². The van der Waals surface area contributed by atoms with Gasteiger partial charge in [0.05, 0.1) is 4.90 Å². The standard InChI is InChI=1S/C14H15BrN4O3S2/c15-10-3-5-11(6-4-10)24(21,22)16-8-7-12(20)17-14-19-18-13(23-14)9-1-2-9/h3-6,9,16H,1-2,7-8H2,(H,17,19,20). The average Bonchev–Trinajstić information content (AvgIpc) is 3.28. The Balaban J connectivity index is 1.47. The van der Waals surface area contributed by atoms with Crippen LogP contribution in [0.5, 0.6) is 0 Å². The molecule has 1 aromatic carbocycles. The highest BCUT2D eigenvalue weighted by molar-refractivity contribution is 9.10. The molecule has 0 radical (unpaired) electrons. The number of amides is 1. The maximum Gasteiger partial charge on any atom is 0.240 e. The highest BCUT2D eigenvalue weighted by Gasteiger charge is 2.27. The van der Waals surface area contributed by atoms with Crippen molar-refractivity contribution >= 4 is 48.3 Å². The van der Waals surface area contributed by atoms with Crippen LogP contribution in [0.2, 0.25) is 0 Å². The zero-order chi connectivity index (χ0) is 17.2. The van der Waals surface area contributed by atoms with Crippen molar-refractivity contribution in [2.24, 2.45) is 0 Å². The Labute approximate surface area is 152 Å². The van der Waals surface area contributed by atoms with E-state index in [2.05, 4.69) is 36.2 Å². The van der Waals surface area contributed by atoms with E-state index in [0.717, 1.165) is 22.3 Å². The van der Waals surface area contributed by atoms with Crippen LogP contribution in [0.4, 0.5) is 5.13 Å². The van der Waals surface area contributed by atoms with Crippen molar-refractivity contribution in [2.45, 2.75) is 30.1 Å². The molecule has 0 atom stereocenters. The summed E-state index contributed by atoms with van der Waals surface area (Å²) in [6.45, 7) is 0.0124. The molecule has 0 bridgehead atoms. The number of hydrogen-bond acceptors (Lipinski definition) is 6. The van der Waals surface area contributed by atoms with Crippen molar-refractivity contribution in [3.63, 3.8) is 0 Å². The third kappa shape index (κ3) is 4.59. The van der Waals surface area contributed by atoms with Crippen molar-refractivity contribution in [3.8, 4) is 0 Å². The maximum absolute atomic E-state index is 12.1. The summed E-state index contributed by atoms with van der Waals surface area (Å²) in [6.07, 6.45) is 2.27. The van der Waals surface area contributed by atoms with Gasteiger partial charge in [-0.2, -0.15) is 0 Å². The Bertz CT molecular complexity index is 832. The molecule has 0 aliphatic heterocycles. The zero-order valence-electron chi connectivity index (χ0n) is 12.5. The lowest BCUT2D eigenvalue weighted by atomic mass is 10.4. The molecule has 1 amide bonds. The summed E-state index contributed by atoms with van der Waals surface area (Å²) in [5.74, 6) is 0.192. The molecular formula is C14H15BrN4O3S2. The molecular weight excluding hydrogens is 416 g/mol. The molecule has 7 nitrogen and oxygen atoms in total. The number of rotatable bonds is 7. The summed E-state index contributed by atoms with van der Waals surface area (Å²) in [6, 6.07) is 6.28. The molecule has 0 saturated heterocycles. The van der Waals surface area contributed by atoms with Crippen LogP contribution in [-0.2, 0) is 14.8 Å². The molecule has 1 saturated carbocycles. The predicted octanol–water partition coefficient (Wildman–Crippen LogP) is 2.49. The van der Waals surface area contributed by atoms with Crippen LogP contribution in [0.15, 0.2) is 33.6 Å². The molecule has 0 unspecified atom stereocenters. The first-order valence-electron chi connectivity index (χ1n) is 7.32. The van der Waals surface area contributed by atoms with E-state index in [0.29, 0.717) is 11.0 Å². The summed E-state index contributed by atoms with van der Waals surface area (Å²) in [4.78, 5) is 12.0. The summed E-state index contributed by atoms with van der Waals surface area (Å²) in [5, 5.41) is 12.0. The first kappa shape index (κ1) is 17.5. The Morgan fingerprint density at radius 1 is 1.25 bits per heavy atom. The number of benzene rings is 1. The molecule has 1 fully saturated rings. The van der Waals surface area contributed by atoms with E-state index in [1.54, 1.807) is 12.1 Å². The van der Waals surface area contributed by atoms with E-state index in [1.807, 2.05) is 0 Å². The lowest BCUT2D eigenvalue weighted by Gasteiger charge is -2.06. The zero-order valence-corrected chi connectivity index (χ0v) is 15.7. The van der Waals surface area contributed by atoms with Gasteiger partial charge < -0.3 is 5.32 Å². The maximum atomic E-state index is 12.1. The number of carbonyl (C=O) groups is 1. The fraction of sp³-hybridized carbons (Fsp3) is 0.357. The second-order valence-corrected chi connectivity index (χ2v) is 9.06. The van der Waals surface area contributed by atoms with E-state index in [1.165, 1.54) is 23.5 Å². The molecule has 1 aliphatic rings. The van der Waals surface area contributed by atoms with Crippen LogP contribution >= 0.6 is 27.3 Å². The van der Waals surface area contributed by atoms with Gasteiger partial charge in [-0.05, 0) is 37.1 Å². The summed E-state index contributed by atoms with van der Waals surface area (Å²) >= 11 is 4.62. The van der Waals surface area contributed by atoms with Crippen LogP contribution in [-0.4, -0.2) is 31.1 Å². The second-order valence-electron chi connectivity index (χ2n) is 5.37. The van der Waals surface area contributed by atoms with Crippen LogP contribution in [0.3, 0.4) is 0 Å². The van der Waals surface area contributed by atoms with Gasteiger partial charge in [-0.15, -0.1) is 10.2 Å². The molecule has 1 aliphatic carbocycles. The third-order valence-corrected chi connectivity index (χ3v) is 6.39. The van der Waals surface area contributed by atoms with E-state index in [9.17, 15) is 13.2 Å². The fourth-order valence-electron chi connectivity index (χ4n) is 1.96. The number of nitrogens with zero attached hydrogens (tertiary/aromatic N) is 2. The van der Waals surface area contributed by atoms with Gasteiger partial charge in [0.2, 0.25) is 21.1 Å². The van der Waals surface area contributed by atoms with Gasteiger partial charge in [-0.1, -0.05) is 27.3 Å². The van der Waals surface area contributed by atoms with Gasteiger partial charge in [0.15, 0.2) is 0 Å². The average molecular weight is 431 g/mol. The van der Waals surface area contributed by atoms with E-state index in [-0.39, 0.29) is 23.8 Å². The first-order chi connectivity index (χ1) is 11.4. The molecule has 10 heteroatoms. The molecule has 24 heavy (non-hydrogen) atoms. The van der Waals surface area contributed by atoms with Gasteiger partial charge in [-0.3, -0.25) is 4.79 Å². The SMILES string of the molecule is O=C(CCNS(=O)(=O)c1ccc(Br)cc1)Nc1nnc(C2CC2)s1. The quantitative estimate of drug-likeness (QED) is 0.702. The minimum atomic E-state index is -3.62. The van der Waals surface area contributed by atoms with Gasteiger partial charge in [-0.25, -0.2) is 13.1 Å². The Kier molecular flexibility index (Phi) is 5.28. The number of anilines is 1. The highest BCUT2D eigenvalue weighted by atomic mass is 79.9. The van der Waals surface area contributed by atoms with Crippen molar-refractivity contribution < 1.29 is 13.2 Å².